The van der Waals surface area contributed by atoms with Crippen molar-refractivity contribution in [1.82, 2.24) is 4.57 Å². The fraction of sp³-hybridized carbons (Fsp3) is 0.850. The Kier molecular flexibility index (Phi) is 11.1. The van der Waals surface area contributed by atoms with Gasteiger partial charge in [0.15, 0.2) is 0 Å². The highest BCUT2D eigenvalue weighted by molar-refractivity contribution is 4.82. The number of aryl methyl sites for hydroxylation is 2. The molecule has 0 atom stereocenters. The molecule has 0 fully saturated rings. The smallest absolute Gasteiger partial charge is 0.237 e. The minimum atomic E-state index is 1.20. The minimum absolute atomic E-state index is 1.20. The quantitative estimate of drug-likeness (QED) is 0.313. The molecule has 1 heterocycles. The molecular formula is C20H39N2+. The van der Waals surface area contributed by atoms with E-state index in [4.69, 9.17) is 0 Å². The van der Waals surface area contributed by atoms with Crippen LogP contribution in [0.1, 0.15) is 96.7 Å². The van der Waals surface area contributed by atoms with Crippen LogP contribution in [-0.4, -0.2) is 4.57 Å². The normalized spacial score (nSPS) is 11.2. The summed E-state index contributed by atoms with van der Waals surface area (Å²) in [7, 11) is 2.20. The van der Waals surface area contributed by atoms with Gasteiger partial charge in [-0.3, -0.25) is 0 Å². The standard InChI is InChI=1S/C20H39N2/c1-4-6-8-10-11-12-14-16-20-21(3)18-19-22(20)17-15-13-9-7-5-2/h18-19H,4-17H2,1-3H3/q+1. The molecule has 0 radical (unpaired) electrons. The molecule has 0 aliphatic heterocycles. The van der Waals surface area contributed by atoms with Gasteiger partial charge in [-0.2, -0.15) is 0 Å². The van der Waals surface area contributed by atoms with Crippen LogP contribution in [-0.2, 0) is 20.0 Å². The van der Waals surface area contributed by atoms with Crippen molar-refractivity contribution in [3.8, 4) is 0 Å². The summed E-state index contributed by atoms with van der Waals surface area (Å²) in [5.74, 6) is 1.52. The largest absolute Gasteiger partial charge is 0.256 e. The van der Waals surface area contributed by atoms with E-state index < -0.39 is 0 Å². The first kappa shape index (κ1) is 19.3. The van der Waals surface area contributed by atoms with Crippen molar-refractivity contribution in [2.45, 2.75) is 104 Å². The molecule has 0 bridgehead atoms. The second kappa shape index (κ2) is 12.7. The highest BCUT2D eigenvalue weighted by Gasteiger charge is 2.13. The lowest BCUT2D eigenvalue weighted by molar-refractivity contribution is -0.704. The number of imidazole rings is 1. The highest BCUT2D eigenvalue weighted by atomic mass is 15.1. The monoisotopic (exact) mass is 307 g/mol. The fourth-order valence-corrected chi connectivity index (χ4v) is 3.20. The summed E-state index contributed by atoms with van der Waals surface area (Å²) in [6.45, 7) is 5.78. The first-order chi connectivity index (χ1) is 10.8. The number of unbranched alkanes of at least 4 members (excludes halogenated alkanes) is 10. The number of nitrogens with zero attached hydrogens (tertiary/aromatic N) is 2. The molecule has 128 valence electrons. The second-order valence-electron chi connectivity index (χ2n) is 6.80. The minimum Gasteiger partial charge on any atom is -0.237 e. The molecule has 0 unspecified atom stereocenters. The van der Waals surface area contributed by atoms with Gasteiger partial charge in [0.05, 0.1) is 13.6 Å². The van der Waals surface area contributed by atoms with Gasteiger partial charge in [-0.25, -0.2) is 9.13 Å². The van der Waals surface area contributed by atoms with Gasteiger partial charge in [0.2, 0.25) is 0 Å². The van der Waals surface area contributed by atoms with Gasteiger partial charge < -0.3 is 0 Å². The fourth-order valence-electron chi connectivity index (χ4n) is 3.20. The highest BCUT2D eigenvalue weighted by Crippen LogP contribution is 2.09. The Morgan fingerprint density at radius 1 is 0.773 bits per heavy atom. The van der Waals surface area contributed by atoms with Crippen LogP contribution >= 0.6 is 0 Å². The number of hydrogen-bond donors (Lipinski definition) is 0. The Morgan fingerprint density at radius 3 is 1.95 bits per heavy atom. The average Bonchev–Trinajstić information content (AvgIpc) is 2.87. The van der Waals surface area contributed by atoms with Gasteiger partial charge >= 0.3 is 0 Å². The van der Waals surface area contributed by atoms with E-state index in [-0.39, 0.29) is 0 Å². The summed E-state index contributed by atoms with van der Waals surface area (Å²) in [5, 5.41) is 0. The van der Waals surface area contributed by atoms with Crippen LogP contribution in [0.15, 0.2) is 12.4 Å². The first-order valence-corrected chi connectivity index (χ1v) is 9.83. The van der Waals surface area contributed by atoms with Crippen LogP contribution in [0.3, 0.4) is 0 Å². The van der Waals surface area contributed by atoms with Gasteiger partial charge in [-0.05, 0) is 19.3 Å². The zero-order valence-electron chi connectivity index (χ0n) is 15.4. The summed E-state index contributed by atoms with van der Waals surface area (Å²) in [6.07, 6.45) is 22.4. The maximum atomic E-state index is 2.49. The average molecular weight is 308 g/mol. The molecule has 2 heteroatoms. The summed E-state index contributed by atoms with van der Waals surface area (Å²) in [6, 6.07) is 0. The predicted octanol–water partition coefficient (Wildman–Crippen LogP) is 5.58. The van der Waals surface area contributed by atoms with Crippen molar-refractivity contribution in [2.75, 3.05) is 0 Å². The third-order valence-electron chi connectivity index (χ3n) is 4.72. The summed E-state index contributed by atoms with van der Waals surface area (Å²) in [4.78, 5) is 0. The van der Waals surface area contributed by atoms with Crippen LogP contribution in [0.25, 0.3) is 0 Å². The maximum absolute atomic E-state index is 2.49. The molecule has 0 spiro atoms. The van der Waals surface area contributed by atoms with Gasteiger partial charge in [0.25, 0.3) is 5.82 Å². The van der Waals surface area contributed by atoms with Gasteiger partial charge in [-0.1, -0.05) is 71.6 Å². The molecule has 0 N–H and O–H groups in total. The van der Waals surface area contributed by atoms with Crippen LogP contribution in [0, 0.1) is 0 Å². The lowest BCUT2D eigenvalue weighted by atomic mass is 10.1. The molecule has 2 nitrogen and oxygen atoms in total. The summed E-state index contributed by atoms with van der Waals surface area (Å²) in [5.41, 5.74) is 0. The first-order valence-electron chi connectivity index (χ1n) is 9.83. The van der Waals surface area contributed by atoms with E-state index >= 15 is 0 Å². The number of aromatic nitrogens is 2. The molecule has 1 aromatic heterocycles. The number of rotatable bonds is 14. The molecular weight excluding hydrogens is 268 g/mol. The van der Waals surface area contributed by atoms with Crippen molar-refractivity contribution >= 4 is 0 Å². The third kappa shape index (κ3) is 8.00. The molecule has 0 aliphatic carbocycles. The van der Waals surface area contributed by atoms with Gasteiger partial charge in [-0.15, -0.1) is 0 Å². The van der Waals surface area contributed by atoms with E-state index in [9.17, 15) is 0 Å². The molecule has 0 saturated carbocycles. The van der Waals surface area contributed by atoms with E-state index in [2.05, 4.69) is 42.4 Å². The zero-order valence-corrected chi connectivity index (χ0v) is 15.4. The predicted molar refractivity (Wildman–Crippen MR) is 96.1 cm³/mol. The Hall–Kier alpha value is -0.790. The zero-order chi connectivity index (χ0) is 16.0. The van der Waals surface area contributed by atoms with Crippen molar-refractivity contribution in [3.63, 3.8) is 0 Å². The second-order valence-corrected chi connectivity index (χ2v) is 6.80. The Balaban J connectivity index is 2.20. The molecule has 0 aromatic carbocycles. The SMILES string of the molecule is CCCCCCCCCc1n(C)cc[n+]1CCCCCCC. The van der Waals surface area contributed by atoms with Crippen molar-refractivity contribution < 1.29 is 4.57 Å². The Labute approximate surface area is 138 Å². The van der Waals surface area contributed by atoms with E-state index in [0.29, 0.717) is 0 Å². The van der Waals surface area contributed by atoms with Crippen LogP contribution in [0.4, 0.5) is 0 Å². The topological polar surface area (TPSA) is 8.81 Å². The molecule has 0 saturated heterocycles. The van der Waals surface area contributed by atoms with Crippen LogP contribution in [0.5, 0.6) is 0 Å². The third-order valence-corrected chi connectivity index (χ3v) is 4.72. The molecule has 0 amide bonds. The Morgan fingerprint density at radius 2 is 1.32 bits per heavy atom. The van der Waals surface area contributed by atoms with E-state index in [1.807, 2.05) is 0 Å². The lowest BCUT2D eigenvalue weighted by Gasteiger charge is -2.04. The van der Waals surface area contributed by atoms with Crippen molar-refractivity contribution in [1.29, 1.82) is 0 Å². The molecule has 1 aromatic rings. The van der Waals surface area contributed by atoms with Crippen LogP contribution in [0.2, 0.25) is 0 Å². The van der Waals surface area contributed by atoms with E-state index in [1.165, 1.54) is 95.8 Å². The Bertz CT molecular complexity index is 368. The molecule has 22 heavy (non-hydrogen) atoms. The van der Waals surface area contributed by atoms with Crippen molar-refractivity contribution in [2.24, 2.45) is 7.05 Å². The lowest BCUT2D eigenvalue weighted by Crippen LogP contribution is -2.37. The van der Waals surface area contributed by atoms with Crippen molar-refractivity contribution in [3.05, 3.63) is 18.2 Å². The molecule has 0 aliphatic rings. The van der Waals surface area contributed by atoms with Crippen LogP contribution < -0.4 is 4.57 Å². The molecule has 1 rings (SSSR count). The summed E-state index contributed by atoms with van der Waals surface area (Å²) >= 11 is 0. The summed E-state index contributed by atoms with van der Waals surface area (Å²) < 4.78 is 4.81. The van der Waals surface area contributed by atoms with E-state index in [1.54, 1.807) is 0 Å². The maximum Gasteiger partial charge on any atom is 0.256 e. The van der Waals surface area contributed by atoms with Gasteiger partial charge in [0, 0.05) is 6.42 Å². The van der Waals surface area contributed by atoms with Gasteiger partial charge in [0.1, 0.15) is 12.4 Å². The number of hydrogen-bond acceptors (Lipinski definition) is 0. The van der Waals surface area contributed by atoms with E-state index in [0.717, 1.165) is 0 Å².